The van der Waals surface area contributed by atoms with Crippen molar-refractivity contribution in [1.82, 2.24) is 0 Å². The summed E-state index contributed by atoms with van der Waals surface area (Å²) in [7, 11) is 1.86. The first kappa shape index (κ1) is 13.7. The second-order valence-electron chi connectivity index (χ2n) is 4.25. The van der Waals surface area contributed by atoms with Crippen molar-refractivity contribution in [2.45, 2.75) is 6.54 Å². The lowest BCUT2D eigenvalue weighted by molar-refractivity contribution is 0.100. The van der Waals surface area contributed by atoms with E-state index >= 15 is 0 Å². The summed E-state index contributed by atoms with van der Waals surface area (Å²) in [5, 5.41) is 4.47. The van der Waals surface area contributed by atoms with E-state index in [1.807, 2.05) is 28.8 Å². The first-order valence-corrected chi connectivity index (χ1v) is 6.92. The molecule has 2 rings (SSSR count). The molecule has 4 N–H and O–H groups in total. The molecule has 0 bridgehead atoms. The van der Waals surface area contributed by atoms with Gasteiger partial charge in [0.25, 0.3) is 5.91 Å². The zero-order valence-electron chi connectivity index (χ0n) is 10.4. The molecule has 0 saturated carbocycles. The van der Waals surface area contributed by atoms with Crippen LogP contribution in [-0.2, 0) is 6.54 Å². The summed E-state index contributed by atoms with van der Waals surface area (Å²) in [5.74, 6) is -0.540. The van der Waals surface area contributed by atoms with E-state index in [2.05, 4.69) is 0 Å². The molecule has 4 nitrogen and oxygen atoms in total. The predicted octanol–water partition coefficient (Wildman–Crippen LogP) is 2.72. The summed E-state index contributed by atoms with van der Waals surface area (Å²) in [6.45, 7) is 0.646. The van der Waals surface area contributed by atoms with Crippen molar-refractivity contribution in [3.8, 4) is 0 Å². The molecule has 1 aromatic heterocycles. The Morgan fingerprint density at radius 1 is 1.47 bits per heavy atom. The molecule has 1 amide bonds. The van der Waals surface area contributed by atoms with Crippen LogP contribution in [0.15, 0.2) is 29.0 Å². The minimum Gasteiger partial charge on any atom is -0.399 e. The standard InChI is InChI=1S/C13H14ClN3OS/c1-17(6-8-2-3-19-7-8)12-10(13(16)18)4-9(15)5-11(12)14/h2-5,7H,6,15H2,1H3,(H2,16,18). The molecule has 0 atom stereocenters. The molecule has 0 aliphatic carbocycles. The fourth-order valence-corrected chi connectivity index (χ4v) is 2.96. The Hall–Kier alpha value is -1.72. The average Bonchev–Trinajstić information content (AvgIpc) is 2.80. The highest BCUT2D eigenvalue weighted by atomic mass is 35.5. The maximum absolute atomic E-state index is 11.5. The van der Waals surface area contributed by atoms with Crippen molar-refractivity contribution in [1.29, 1.82) is 0 Å². The third kappa shape index (κ3) is 3.00. The maximum atomic E-state index is 11.5. The van der Waals surface area contributed by atoms with Gasteiger partial charge in [0, 0.05) is 19.3 Å². The number of nitrogen functional groups attached to an aromatic ring is 1. The van der Waals surface area contributed by atoms with Crippen LogP contribution in [0.5, 0.6) is 0 Å². The lowest BCUT2D eigenvalue weighted by Gasteiger charge is -2.22. The lowest BCUT2D eigenvalue weighted by Crippen LogP contribution is -2.22. The summed E-state index contributed by atoms with van der Waals surface area (Å²) >= 11 is 7.81. The normalized spacial score (nSPS) is 10.4. The third-order valence-corrected chi connectivity index (χ3v) is 3.75. The number of carbonyl (C=O) groups excluding carboxylic acids is 1. The number of benzene rings is 1. The minimum atomic E-state index is -0.540. The van der Waals surface area contributed by atoms with E-state index in [-0.39, 0.29) is 0 Å². The third-order valence-electron chi connectivity index (χ3n) is 2.73. The molecule has 0 saturated heterocycles. The van der Waals surface area contributed by atoms with Gasteiger partial charge in [-0.1, -0.05) is 11.6 Å². The van der Waals surface area contributed by atoms with Crippen LogP contribution in [0.25, 0.3) is 0 Å². The van der Waals surface area contributed by atoms with E-state index in [1.165, 1.54) is 0 Å². The number of hydrogen-bond acceptors (Lipinski definition) is 4. The molecule has 19 heavy (non-hydrogen) atoms. The number of nitrogens with zero attached hydrogens (tertiary/aromatic N) is 1. The van der Waals surface area contributed by atoms with Crippen LogP contribution in [0, 0.1) is 0 Å². The van der Waals surface area contributed by atoms with Crippen LogP contribution in [0.1, 0.15) is 15.9 Å². The number of halogens is 1. The van der Waals surface area contributed by atoms with Gasteiger partial charge in [0.2, 0.25) is 0 Å². The Labute approximate surface area is 120 Å². The van der Waals surface area contributed by atoms with E-state index in [4.69, 9.17) is 23.1 Å². The van der Waals surface area contributed by atoms with Crippen molar-refractivity contribution in [2.24, 2.45) is 5.73 Å². The van der Waals surface area contributed by atoms with Gasteiger partial charge in [-0.25, -0.2) is 0 Å². The minimum absolute atomic E-state index is 0.336. The number of thiophene rings is 1. The fourth-order valence-electron chi connectivity index (χ4n) is 1.93. The summed E-state index contributed by atoms with van der Waals surface area (Å²) in [6.07, 6.45) is 0. The largest absolute Gasteiger partial charge is 0.399 e. The van der Waals surface area contributed by atoms with Gasteiger partial charge in [0.15, 0.2) is 0 Å². The Morgan fingerprint density at radius 2 is 2.21 bits per heavy atom. The van der Waals surface area contributed by atoms with Crippen molar-refractivity contribution >= 4 is 40.2 Å². The molecule has 0 unspecified atom stereocenters. The monoisotopic (exact) mass is 295 g/mol. The summed E-state index contributed by atoms with van der Waals surface area (Å²) in [4.78, 5) is 13.4. The Kier molecular flexibility index (Phi) is 3.97. The summed E-state index contributed by atoms with van der Waals surface area (Å²) in [6, 6.07) is 5.19. The quantitative estimate of drug-likeness (QED) is 0.852. The molecule has 6 heteroatoms. The van der Waals surface area contributed by atoms with E-state index in [1.54, 1.807) is 23.5 Å². The van der Waals surface area contributed by atoms with Crippen LogP contribution < -0.4 is 16.4 Å². The molecule has 0 aliphatic rings. The van der Waals surface area contributed by atoms with Gasteiger partial charge in [-0.05, 0) is 34.5 Å². The zero-order valence-corrected chi connectivity index (χ0v) is 12.0. The van der Waals surface area contributed by atoms with E-state index in [0.29, 0.717) is 28.5 Å². The predicted molar refractivity (Wildman–Crippen MR) is 80.8 cm³/mol. The number of anilines is 2. The molecule has 0 spiro atoms. The summed E-state index contributed by atoms with van der Waals surface area (Å²) in [5.41, 5.74) is 13.6. The molecule has 1 heterocycles. The van der Waals surface area contributed by atoms with Gasteiger partial charge in [-0.2, -0.15) is 11.3 Å². The molecule has 0 fully saturated rings. The van der Waals surface area contributed by atoms with E-state index in [0.717, 1.165) is 5.56 Å². The van der Waals surface area contributed by atoms with Crippen LogP contribution in [0.4, 0.5) is 11.4 Å². The summed E-state index contributed by atoms with van der Waals surface area (Å²) < 4.78 is 0. The molecule has 100 valence electrons. The highest BCUT2D eigenvalue weighted by molar-refractivity contribution is 7.07. The Morgan fingerprint density at radius 3 is 2.79 bits per heavy atom. The van der Waals surface area contributed by atoms with Crippen molar-refractivity contribution < 1.29 is 4.79 Å². The Bertz CT molecular complexity index is 598. The first-order chi connectivity index (χ1) is 8.99. The van der Waals surface area contributed by atoms with Gasteiger partial charge in [-0.15, -0.1) is 0 Å². The molecule has 0 radical (unpaired) electrons. The number of carbonyl (C=O) groups is 1. The number of rotatable bonds is 4. The van der Waals surface area contributed by atoms with Gasteiger partial charge >= 0.3 is 0 Å². The SMILES string of the molecule is CN(Cc1ccsc1)c1c(Cl)cc(N)cc1C(N)=O. The van der Waals surface area contributed by atoms with Crippen molar-refractivity contribution in [3.63, 3.8) is 0 Å². The second kappa shape index (κ2) is 5.50. The molecular weight excluding hydrogens is 282 g/mol. The maximum Gasteiger partial charge on any atom is 0.250 e. The van der Waals surface area contributed by atoms with Crippen molar-refractivity contribution in [2.75, 3.05) is 17.7 Å². The number of primary amides is 1. The van der Waals surface area contributed by atoms with Crippen molar-refractivity contribution in [3.05, 3.63) is 45.1 Å². The van der Waals surface area contributed by atoms with Crippen LogP contribution in [-0.4, -0.2) is 13.0 Å². The molecule has 2 aromatic rings. The lowest BCUT2D eigenvalue weighted by atomic mass is 10.1. The highest BCUT2D eigenvalue weighted by Crippen LogP contribution is 2.32. The zero-order chi connectivity index (χ0) is 14.0. The molecule has 0 aliphatic heterocycles. The van der Waals surface area contributed by atoms with Gasteiger partial charge in [-0.3, -0.25) is 4.79 Å². The second-order valence-corrected chi connectivity index (χ2v) is 5.44. The van der Waals surface area contributed by atoms with E-state index < -0.39 is 5.91 Å². The first-order valence-electron chi connectivity index (χ1n) is 5.60. The fraction of sp³-hybridized carbons (Fsp3) is 0.154. The van der Waals surface area contributed by atoms with E-state index in [9.17, 15) is 4.79 Å². The molecule has 1 aromatic carbocycles. The van der Waals surface area contributed by atoms with Crippen LogP contribution >= 0.6 is 22.9 Å². The van der Waals surface area contributed by atoms with Crippen LogP contribution in [0.3, 0.4) is 0 Å². The number of amides is 1. The van der Waals surface area contributed by atoms with Crippen LogP contribution in [0.2, 0.25) is 5.02 Å². The molecular formula is C13H14ClN3OS. The highest BCUT2D eigenvalue weighted by Gasteiger charge is 2.17. The number of nitrogens with two attached hydrogens (primary N) is 2. The van der Waals surface area contributed by atoms with Gasteiger partial charge in [0.05, 0.1) is 16.3 Å². The van der Waals surface area contributed by atoms with Gasteiger partial charge < -0.3 is 16.4 Å². The average molecular weight is 296 g/mol. The van der Waals surface area contributed by atoms with Gasteiger partial charge in [0.1, 0.15) is 0 Å². The Balaban J connectivity index is 2.40. The number of hydrogen-bond donors (Lipinski definition) is 2. The topological polar surface area (TPSA) is 72.3 Å². The smallest absolute Gasteiger partial charge is 0.250 e.